The summed E-state index contributed by atoms with van der Waals surface area (Å²) in [6.07, 6.45) is 8.82. The van der Waals surface area contributed by atoms with Gasteiger partial charge in [0.1, 0.15) is 0 Å². The Balaban J connectivity index is 1.57. The van der Waals surface area contributed by atoms with Gasteiger partial charge in [0.2, 0.25) is 5.91 Å². The van der Waals surface area contributed by atoms with Crippen LogP contribution in [0.1, 0.15) is 67.7 Å². The van der Waals surface area contributed by atoms with E-state index in [0.29, 0.717) is 24.3 Å². The molecule has 0 spiro atoms. The molecule has 1 saturated carbocycles. The molecule has 1 atom stereocenters. The molecule has 0 unspecified atom stereocenters. The van der Waals surface area contributed by atoms with Crippen LogP contribution >= 0.6 is 0 Å². The van der Waals surface area contributed by atoms with Crippen LogP contribution < -0.4 is 5.32 Å². The van der Waals surface area contributed by atoms with Crippen molar-refractivity contribution < 1.29 is 9.59 Å². The number of aromatic nitrogens is 3. The Morgan fingerprint density at radius 3 is 2.55 bits per heavy atom. The Kier molecular flexibility index (Phi) is 5.80. The number of piperazine rings is 1. The third-order valence-electron chi connectivity index (χ3n) is 6.27. The van der Waals surface area contributed by atoms with E-state index in [1.807, 2.05) is 34.7 Å². The predicted octanol–water partition coefficient (Wildman–Crippen LogP) is 2.02. The number of likely N-dealkylation sites (N-methyl/N-ethyl adjacent to an activating group) is 1. The normalized spacial score (nSPS) is 21.9. The first kappa shape index (κ1) is 19.8. The summed E-state index contributed by atoms with van der Waals surface area (Å²) in [6.45, 7) is 3.67. The SMILES string of the molecule is CC(=O)N1CCN(C)[C@@H](c2nnc3ccc(C(=O)NC4CCCCCC4)cn23)C1. The first-order chi connectivity index (χ1) is 14.0. The van der Waals surface area contributed by atoms with Crippen molar-refractivity contribution in [2.45, 2.75) is 57.5 Å². The van der Waals surface area contributed by atoms with Crippen LogP contribution in [0.2, 0.25) is 0 Å². The van der Waals surface area contributed by atoms with Crippen molar-refractivity contribution in [3.63, 3.8) is 0 Å². The first-order valence-electron chi connectivity index (χ1n) is 10.6. The van der Waals surface area contributed by atoms with Crippen molar-refractivity contribution in [1.29, 1.82) is 0 Å². The highest BCUT2D eigenvalue weighted by Crippen LogP contribution is 2.24. The Hall–Kier alpha value is -2.48. The van der Waals surface area contributed by atoms with Crippen molar-refractivity contribution >= 4 is 17.5 Å². The summed E-state index contributed by atoms with van der Waals surface area (Å²) in [5, 5.41) is 11.9. The summed E-state index contributed by atoms with van der Waals surface area (Å²) in [5.74, 6) is 0.791. The molecule has 1 N–H and O–H groups in total. The fourth-order valence-electron chi connectivity index (χ4n) is 4.40. The molecule has 29 heavy (non-hydrogen) atoms. The molecule has 2 amide bonds. The number of amides is 2. The lowest BCUT2D eigenvalue weighted by Gasteiger charge is -2.38. The minimum absolute atomic E-state index is 0.0409. The molecule has 8 heteroatoms. The number of nitrogens with zero attached hydrogens (tertiary/aromatic N) is 5. The van der Waals surface area contributed by atoms with Crippen molar-refractivity contribution in [1.82, 2.24) is 29.7 Å². The topological polar surface area (TPSA) is 82.8 Å². The van der Waals surface area contributed by atoms with Crippen molar-refractivity contribution in [2.75, 3.05) is 26.7 Å². The van der Waals surface area contributed by atoms with Gasteiger partial charge in [-0.05, 0) is 32.0 Å². The summed E-state index contributed by atoms with van der Waals surface area (Å²) in [7, 11) is 2.03. The van der Waals surface area contributed by atoms with Crippen LogP contribution in [0.3, 0.4) is 0 Å². The highest BCUT2D eigenvalue weighted by atomic mass is 16.2. The Labute approximate surface area is 171 Å². The molecule has 1 aliphatic carbocycles. The molecule has 8 nitrogen and oxygen atoms in total. The van der Waals surface area contributed by atoms with Crippen LogP contribution in [-0.4, -0.2) is 68.9 Å². The Bertz CT molecular complexity index is 886. The zero-order chi connectivity index (χ0) is 20.4. The molecule has 2 fully saturated rings. The molecule has 2 aromatic heterocycles. The molecular weight excluding hydrogens is 368 g/mol. The molecule has 1 saturated heterocycles. The molecular formula is C21H30N6O2. The highest BCUT2D eigenvalue weighted by molar-refractivity contribution is 5.94. The van der Waals surface area contributed by atoms with Crippen LogP contribution in [0.4, 0.5) is 0 Å². The first-order valence-corrected chi connectivity index (χ1v) is 10.6. The van der Waals surface area contributed by atoms with Gasteiger partial charge in [0, 0.05) is 38.8 Å². The summed E-state index contributed by atoms with van der Waals surface area (Å²) < 4.78 is 1.90. The number of rotatable bonds is 3. The quantitative estimate of drug-likeness (QED) is 0.800. The van der Waals surface area contributed by atoms with E-state index in [9.17, 15) is 9.59 Å². The van der Waals surface area contributed by atoms with E-state index in [-0.39, 0.29) is 23.9 Å². The van der Waals surface area contributed by atoms with Gasteiger partial charge in [0.05, 0.1) is 11.6 Å². The summed E-state index contributed by atoms with van der Waals surface area (Å²) in [5.41, 5.74) is 1.32. The standard InChI is InChI=1S/C21H30N6O2/c1-15(28)26-12-11-25(2)18(14-26)20-24-23-19-10-9-16(13-27(19)20)21(29)22-17-7-5-3-4-6-8-17/h9-10,13,17-18H,3-8,11-12,14H2,1-2H3,(H,22,29)/t18-/m1/s1. The van der Waals surface area contributed by atoms with E-state index in [1.54, 1.807) is 6.92 Å². The van der Waals surface area contributed by atoms with Crippen molar-refractivity contribution in [2.24, 2.45) is 0 Å². The van der Waals surface area contributed by atoms with Crippen molar-refractivity contribution in [3.8, 4) is 0 Å². The van der Waals surface area contributed by atoms with Gasteiger partial charge in [-0.3, -0.25) is 18.9 Å². The average Bonchev–Trinajstić information content (AvgIpc) is 2.96. The number of pyridine rings is 1. The zero-order valence-corrected chi connectivity index (χ0v) is 17.3. The summed E-state index contributed by atoms with van der Waals surface area (Å²) >= 11 is 0. The van der Waals surface area contributed by atoms with Gasteiger partial charge in [0.25, 0.3) is 5.91 Å². The second-order valence-corrected chi connectivity index (χ2v) is 8.33. The third kappa shape index (κ3) is 4.27. The second-order valence-electron chi connectivity index (χ2n) is 8.33. The van der Waals surface area contributed by atoms with Gasteiger partial charge in [-0.15, -0.1) is 10.2 Å². The van der Waals surface area contributed by atoms with Crippen LogP contribution in [0.5, 0.6) is 0 Å². The number of nitrogens with one attached hydrogen (secondary N) is 1. The maximum Gasteiger partial charge on any atom is 0.252 e. The molecule has 2 aromatic rings. The number of hydrogen-bond donors (Lipinski definition) is 1. The van der Waals surface area contributed by atoms with E-state index in [0.717, 1.165) is 25.2 Å². The molecule has 0 bridgehead atoms. The summed E-state index contributed by atoms with van der Waals surface area (Å²) in [6, 6.07) is 3.86. The number of fused-ring (bicyclic) bond motifs is 1. The molecule has 156 valence electrons. The van der Waals surface area contributed by atoms with Crippen LogP contribution in [0, 0.1) is 0 Å². The largest absolute Gasteiger partial charge is 0.349 e. The lowest BCUT2D eigenvalue weighted by Crippen LogP contribution is -2.48. The number of carbonyl (C=O) groups is 2. The van der Waals surface area contributed by atoms with Gasteiger partial charge < -0.3 is 10.2 Å². The molecule has 0 aromatic carbocycles. The second kappa shape index (κ2) is 8.49. The van der Waals surface area contributed by atoms with E-state index < -0.39 is 0 Å². The Morgan fingerprint density at radius 2 is 1.83 bits per heavy atom. The number of hydrogen-bond acceptors (Lipinski definition) is 5. The minimum atomic E-state index is -0.0529. The molecule has 2 aliphatic rings. The lowest BCUT2D eigenvalue weighted by molar-refractivity contribution is -0.131. The van der Waals surface area contributed by atoms with Gasteiger partial charge in [0.15, 0.2) is 11.5 Å². The monoisotopic (exact) mass is 398 g/mol. The molecule has 0 radical (unpaired) electrons. The highest BCUT2D eigenvalue weighted by Gasteiger charge is 2.30. The molecule has 4 rings (SSSR count). The maximum absolute atomic E-state index is 12.9. The maximum atomic E-state index is 12.9. The van der Waals surface area contributed by atoms with Gasteiger partial charge in [-0.25, -0.2) is 0 Å². The predicted molar refractivity (Wildman–Crippen MR) is 110 cm³/mol. The van der Waals surface area contributed by atoms with E-state index in [2.05, 4.69) is 20.4 Å². The number of carbonyl (C=O) groups excluding carboxylic acids is 2. The van der Waals surface area contributed by atoms with Crippen LogP contribution in [0.25, 0.3) is 5.65 Å². The Morgan fingerprint density at radius 1 is 1.07 bits per heavy atom. The molecule has 1 aliphatic heterocycles. The van der Waals surface area contributed by atoms with E-state index in [4.69, 9.17) is 0 Å². The lowest BCUT2D eigenvalue weighted by atomic mass is 10.1. The minimum Gasteiger partial charge on any atom is -0.349 e. The van der Waals surface area contributed by atoms with E-state index >= 15 is 0 Å². The fourth-order valence-corrected chi connectivity index (χ4v) is 4.40. The third-order valence-corrected chi connectivity index (χ3v) is 6.27. The van der Waals surface area contributed by atoms with Gasteiger partial charge in [-0.2, -0.15) is 0 Å². The smallest absolute Gasteiger partial charge is 0.252 e. The van der Waals surface area contributed by atoms with Crippen LogP contribution in [0.15, 0.2) is 18.3 Å². The summed E-state index contributed by atoms with van der Waals surface area (Å²) in [4.78, 5) is 28.7. The van der Waals surface area contributed by atoms with Crippen LogP contribution in [-0.2, 0) is 4.79 Å². The zero-order valence-electron chi connectivity index (χ0n) is 17.3. The molecule has 3 heterocycles. The van der Waals surface area contributed by atoms with E-state index in [1.165, 1.54) is 25.7 Å². The average molecular weight is 399 g/mol. The van der Waals surface area contributed by atoms with Gasteiger partial charge in [-0.1, -0.05) is 25.7 Å². The van der Waals surface area contributed by atoms with Crippen molar-refractivity contribution in [3.05, 3.63) is 29.7 Å². The fraction of sp³-hybridized carbons (Fsp3) is 0.619. The van der Waals surface area contributed by atoms with Gasteiger partial charge >= 0.3 is 0 Å².